The van der Waals surface area contributed by atoms with Crippen molar-refractivity contribution >= 4 is 23.0 Å². The van der Waals surface area contributed by atoms with E-state index in [0.717, 1.165) is 41.4 Å². The fraction of sp³-hybridized carbons (Fsp3) is 0.375. The Morgan fingerprint density at radius 2 is 2.00 bits per heavy atom. The summed E-state index contributed by atoms with van der Waals surface area (Å²) in [4.78, 5) is 0. The number of thiocarbonyl (C=S) groups is 1. The molecule has 0 spiro atoms. The molecule has 0 saturated heterocycles. The maximum atomic E-state index is 5.31. The van der Waals surface area contributed by atoms with E-state index in [9.17, 15) is 0 Å². The van der Waals surface area contributed by atoms with Crippen molar-refractivity contribution in [3.05, 3.63) is 35.7 Å². The number of hydrogen-bond acceptors (Lipinski definition) is 4. The van der Waals surface area contributed by atoms with Gasteiger partial charge in [0, 0.05) is 19.8 Å². The van der Waals surface area contributed by atoms with Gasteiger partial charge in [0.25, 0.3) is 0 Å². The molecule has 1 heterocycles. The summed E-state index contributed by atoms with van der Waals surface area (Å²) in [5.41, 5.74) is 2.98. The molecule has 0 unspecified atom stereocenters. The molecule has 0 bridgehead atoms. The molecule has 7 heteroatoms. The highest BCUT2D eigenvalue weighted by molar-refractivity contribution is 7.80. The first-order valence-electron chi connectivity index (χ1n) is 7.29. The minimum atomic E-state index is 0.585. The largest absolute Gasteiger partial charge is 0.493 e. The van der Waals surface area contributed by atoms with Gasteiger partial charge >= 0.3 is 0 Å². The van der Waals surface area contributed by atoms with E-state index >= 15 is 0 Å². The minimum absolute atomic E-state index is 0.585. The molecule has 0 amide bonds. The van der Waals surface area contributed by atoms with Crippen LogP contribution in [-0.4, -0.2) is 35.7 Å². The quantitative estimate of drug-likeness (QED) is 0.791. The lowest BCUT2D eigenvalue weighted by atomic mass is 10.1. The zero-order valence-electron chi connectivity index (χ0n) is 13.8. The molecule has 1 aromatic carbocycles. The number of methoxy groups -OCH3 is 2. The maximum absolute atomic E-state index is 5.31. The van der Waals surface area contributed by atoms with Crippen molar-refractivity contribution in [2.45, 2.75) is 13.3 Å². The first-order chi connectivity index (χ1) is 11.0. The molecule has 124 valence electrons. The van der Waals surface area contributed by atoms with Gasteiger partial charge in [-0.25, -0.2) is 0 Å². The molecular formula is C16H22N4O2S. The van der Waals surface area contributed by atoms with Gasteiger partial charge in [0.15, 0.2) is 16.6 Å². The standard InChI is InChI=1S/C16H22N4O2S/c1-11-13(10-20(2)19-11)18-16(23)17-8-7-12-5-6-14(21-3)15(9-12)22-4/h5-6,9-10H,7-8H2,1-4H3,(H2,17,18,23). The number of aromatic nitrogens is 2. The number of anilines is 1. The SMILES string of the molecule is COc1ccc(CCNC(=S)Nc2cn(C)nc2C)cc1OC. The Morgan fingerprint density at radius 3 is 2.61 bits per heavy atom. The van der Waals surface area contributed by atoms with E-state index in [-0.39, 0.29) is 0 Å². The monoisotopic (exact) mass is 334 g/mol. The van der Waals surface area contributed by atoms with Gasteiger partial charge in [0.2, 0.25) is 0 Å². The fourth-order valence-electron chi connectivity index (χ4n) is 2.25. The van der Waals surface area contributed by atoms with E-state index in [2.05, 4.69) is 15.7 Å². The van der Waals surface area contributed by atoms with E-state index < -0.39 is 0 Å². The van der Waals surface area contributed by atoms with Crippen LogP contribution in [0.4, 0.5) is 5.69 Å². The predicted octanol–water partition coefficient (Wildman–Crippen LogP) is 2.27. The summed E-state index contributed by atoms with van der Waals surface area (Å²) >= 11 is 5.30. The molecule has 0 radical (unpaired) electrons. The molecule has 2 rings (SSSR count). The normalized spacial score (nSPS) is 10.3. The van der Waals surface area contributed by atoms with E-state index in [1.54, 1.807) is 18.9 Å². The van der Waals surface area contributed by atoms with Crippen LogP contribution >= 0.6 is 12.2 Å². The van der Waals surface area contributed by atoms with E-state index in [1.165, 1.54) is 0 Å². The molecule has 0 aliphatic carbocycles. The molecule has 23 heavy (non-hydrogen) atoms. The Kier molecular flexibility index (Phi) is 5.81. The van der Waals surface area contributed by atoms with E-state index in [4.69, 9.17) is 21.7 Å². The Morgan fingerprint density at radius 1 is 1.26 bits per heavy atom. The number of benzene rings is 1. The van der Waals surface area contributed by atoms with Gasteiger partial charge in [-0.2, -0.15) is 5.10 Å². The second-order valence-corrected chi connectivity index (χ2v) is 5.53. The molecular weight excluding hydrogens is 312 g/mol. The number of rotatable bonds is 6. The van der Waals surface area contributed by atoms with Gasteiger partial charge in [-0.05, 0) is 43.3 Å². The predicted molar refractivity (Wildman–Crippen MR) is 95.4 cm³/mol. The lowest BCUT2D eigenvalue weighted by Crippen LogP contribution is -2.30. The van der Waals surface area contributed by atoms with Crippen LogP contribution in [0.25, 0.3) is 0 Å². The smallest absolute Gasteiger partial charge is 0.170 e. The molecule has 0 atom stereocenters. The van der Waals surface area contributed by atoms with Gasteiger partial charge < -0.3 is 20.1 Å². The average molecular weight is 334 g/mol. The molecule has 2 N–H and O–H groups in total. The molecule has 1 aromatic heterocycles. The minimum Gasteiger partial charge on any atom is -0.493 e. The van der Waals surface area contributed by atoms with Crippen LogP contribution in [0.2, 0.25) is 0 Å². The fourth-order valence-corrected chi connectivity index (χ4v) is 2.46. The first-order valence-corrected chi connectivity index (χ1v) is 7.70. The molecule has 0 saturated carbocycles. The molecule has 0 aliphatic heterocycles. The Labute approximate surface area is 141 Å². The number of hydrogen-bond donors (Lipinski definition) is 2. The molecule has 0 aliphatic rings. The summed E-state index contributed by atoms with van der Waals surface area (Å²) < 4.78 is 12.3. The number of nitrogens with zero attached hydrogens (tertiary/aromatic N) is 2. The van der Waals surface area contributed by atoms with Crippen molar-refractivity contribution in [2.75, 3.05) is 26.1 Å². The van der Waals surface area contributed by atoms with Crippen LogP contribution in [0, 0.1) is 6.92 Å². The van der Waals surface area contributed by atoms with Gasteiger partial charge in [-0.15, -0.1) is 0 Å². The maximum Gasteiger partial charge on any atom is 0.170 e. The van der Waals surface area contributed by atoms with Crippen molar-refractivity contribution in [3.8, 4) is 11.5 Å². The third kappa shape index (κ3) is 4.59. The third-order valence-corrected chi connectivity index (χ3v) is 3.66. The van der Waals surface area contributed by atoms with Gasteiger partial charge in [0.1, 0.15) is 0 Å². The molecule has 6 nitrogen and oxygen atoms in total. The van der Waals surface area contributed by atoms with Gasteiger partial charge in [0.05, 0.1) is 25.6 Å². The highest BCUT2D eigenvalue weighted by Gasteiger charge is 2.06. The van der Waals surface area contributed by atoms with Gasteiger partial charge in [-0.1, -0.05) is 6.07 Å². The average Bonchev–Trinajstić information content (AvgIpc) is 2.84. The Hall–Kier alpha value is -2.28. The lowest BCUT2D eigenvalue weighted by Gasteiger charge is -2.11. The third-order valence-electron chi connectivity index (χ3n) is 3.41. The highest BCUT2D eigenvalue weighted by Crippen LogP contribution is 2.27. The van der Waals surface area contributed by atoms with Crippen LogP contribution in [0.1, 0.15) is 11.3 Å². The summed E-state index contributed by atoms with van der Waals surface area (Å²) in [7, 11) is 5.14. The van der Waals surface area contributed by atoms with Crippen LogP contribution in [-0.2, 0) is 13.5 Å². The summed E-state index contributed by atoms with van der Waals surface area (Å²) in [6.07, 6.45) is 2.73. The van der Waals surface area contributed by atoms with Crippen molar-refractivity contribution in [3.63, 3.8) is 0 Å². The zero-order chi connectivity index (χ0) is 16.8. The lowest BCUT2D eigenvalue weighted by molar-refractivity contribution is 0.354. The van der Waals surface area contributed by atoms with Crippen molar-refractivity contribution in [1.82, 2.24) is 15.1 Å². The van der Waals surface area contributed by atoms with Crippen molar-refractivity contribution in [1.29, 1.82) is 0 Å². The second-order valence-electron chi connectivity index (χ2n) is 5.12. The summed E-state index contributed by atoms with van der Waals surface area (Å²) in [5, 5.41) is 11.2. The number of ether oxygens (including phenoxy) is 2. The van der Waals surface area contributed by atoms with Crippen LogP contribution in [0.15, 0.2) is 24.4 Å². The van der Waals surface area contributed by atoms with E-state index in [1.807, 2.05) is 38.4 Å². The number of aryl methyl sites for hydroxylation is 2. The van der Waals surface area contributed by atoms with Crippen molar-refractivity contribution in [2.24, 2.45) is 7.05 Å². The Bertz CT molecular complexity index is 685. The second kappa shape index (κ2) is 7.82. The van der Waals surface area contributed by atoms with E-state index in [0.29, 0.717) is 5.11 Å². The first kappa shape index (κ1) is 17.1. The van der Waals surface area contributed by atoms with Gasteiger partial charge in [-0.3, -0.25) is 4.68 Å². The van der Waals surface area contributed by atoms with Crippen LogP contribution < -0.4 is 20.1 Å². The highest BCUT2D eigenvalue weighted by atomic mass is 32.1. The molecule has 0 fully saturated rings. The summed E-state index contributed by atoms with van der Waals surface area (Å²) in [6, 6.07) is 5.90. The summed E-state index contributed by atoms with van der Waals surface area (Å²) in [5.74, 6) is 1.46. The summed E-state index contributed by atoms with van der Waals surface area (Å²) in [6.45, 7) is 2.66. The topological polar surface area (TPSA) is 60.3 Å². The van der Waals surface area contributed by atoms with Crippen LogP contribution in [0.3, 0.4) is 0 Å². The number of nitrogens with one attached hydrogen (secondary N) is 2. The van der Waals surface area contributed by atoms with Crippen LogP contribution in [0.5, 0.6) is 11.5 Å². The molecule has 2 aromatic rings. The van der Waals surface area contributed by atoms with Crippen molar-refractivity contribution < 1.29 is 9.47 Å². The zero-order valence-corrected chi connectivity index (χ0v) is 14.7. The Balaban J connectivity index is 1.85.